The van der Waals surface area contributed by atoms with Crippen molar-refractivity contribution in [2.45, 2.75) is 37.8 Å². The van der Waals surface area contributed by atoms with Gasteiger partial charge in [-0.25, -0.2) is 0 Å². The van der Waals surface area contributed by atoms with Gasteiger partial charge in [0.1, 0.15) is 12.1 Å². The van der Waals surface area contributed by atoms with Crippen molar-refractivity contribution in [3.05, 3.63) is 106 Å². The van der Waals surface area contributed by atoms with E-state index in [9.17, 15) is 9.59 Å². The van der Waals surface area contributed by atoms with Gasteiger partial charge in [0, 0.05) is 32.4 Å². The number of ether oxygens (including phenoxy) is 1. The summed E-state index contributed by atoms with van der Waals surface area (Å²) in [6, 6.07) is 25.5. The van der Waals surface area contributed by atoms with Crippen molar-refractivity contribution in [1.82, 2.24) is 5.32 Å². The molecule has 0 fully saturated rings. The Morgan fingerprint density at radius 3 is 2.33 bits per heavy atom. The number of benzene rings is 4. The Hall–Kier alpha value is -3.70. The van der Waals surface area contributed by atoms with Gasteiger partial charge in [-0.3, -0.25) is 9.59 Å². The molecule has 0 aromatic heterocycles. The molecule has 0 saturated heterocycles. The normalized spacial score (nSPS) is 11.1. The molecule has 4 aromatic carbocycles. The molecule has 0 heterocycles. The summed E-state index contributed by atoms with van der Waals surface area (Å²) in [4.78, 5) is 26.9. The summed E-state index contributed by atoms with van der Waals surface area (Å²) in [6.07, 6.45) is 0. The number of anilines is 1. The predicted molar refractivity (Wildman–Crippen MR) is 162 cm³/mol. The van der Waals surface area contributed by atoms with Crippen LogP contribution in [0.5, 0.6) is 0 Å². The van der Waals surface area contributed by atoms with Crippen LogP contribution < -0.4 is 9.62 Å². The van der Waals surface area contributed by atoms with E-state index in [-0.39, 0.29) is 19.0 Å². The van der Waals surface area contributed by atoms with Crippen LogP contribution in [0.3, 0.4) is 0 Å². The van der Waals surface area contributed by atoms with Crippen LogP contribution in [-0.2, 0) is 16.1 Å². The minimum atomic E-state index is -0.649. The summed E-state index contributed by atoms with van der Waals surface area (Å²) in [6.45, 7) is 5.67. The van der Waals surface area contributed by atoms with Crippen LogP contribution >= 0.6 is 35.1 Å². The van der Waals surface area contributed by atoms with Gasteiger partial charge in [0.2, 0.25) is 0 Å². The molecule has 204 valence electrons. The van der Waals surface area contributed by atoms with Crippen LogP contribution in [0.15, 0.2) is 83.8 Å². The van der Waals surface area contributed by atoms with E-state index in [1.807, 2.05) is 61.5 Å². The minimum Gasteiger partial charge on any atom is -0.459 e. The van der Waals surface area contributed by atoms with Crippen LogP contribution in [0.1, 0.15) is 42.3 Å². The van der Waals surface area contributed by atoms with Gasteiger partial charge in [0.25, 0.3) is 5.91 Å². The van der Waals surface area contributed by atoms with Gasteiger partial charge in [-0.2, -0.15) is 5.26 Å². The van der Waals surface area contributed by atoms with Gasteiger partial charge in [0.15, 0.2) is 0 Å². The third-order valence-electron chi connectivity index (χ3n) is 5.67. The Balaban J connectivity index is 1.68. The molecule has 4 rings (SSSR count). The lowest BCUT2D eigenvalue weighted by Gasteiger charge is -2.27. The first kappa shape index (κ1) is 29.3. The number of amides is 1. The lowest BCUT2D eigenvalue weighted by molar-refractivity contribution is -0.152. The van der Waals surface area contributed by atoms with Gasteiger partial charge in [-0.15, -0.1) is 0 Å². The Labute approximate surface area is 248 Å². The number of carbonyl (C=O) groups excluding carboxylic acids is 2. The largest absolute Gasteiger partial charge is 0.459 e. The number of esters is 1. The second kappa shape index (κ2) is 12.6. The maximum Gasteiger partial charge on any atom is 0.327 e. The quantitative estimate of drug-likeness (QED) is 0.166. The lowest BCUT2D eigenvalue weighted by Crippen LogP contribution is -2.31. The Morgan fingerprint density at radius 1 is 0.950 bits per heavy atom. The van der Waals surface area contributed by atoms with Crippen LogP contribution in [-0.4, -0.2) is 24.0 Å². The maximum absolute atomic E-state index is 13.3. The smallest absolute Gasteiger partial charge is 0.327 e. The van der Waals surface area contributed by atoms with Gasteiger partial charge >= 0.3 is 5.97 Å². The van der Waals surface area contributed by atoms with E-state index in [1.54, 1.807) is 42.5 Å². The van der Waals surface area contributed by atoms with E-state index < -0.39 is 11.6 Å². The molecule has 4 aromatic rings. The lowest BCUT2D eigenvalue weighted by atomic mass is 10.0. The molecule has 0 aliphatic heterocycles. The molecule has 0 unspecified atom stereocenters. The zero-order valence-electron chi connectivity index (χ0n) is 22.2. The van der Waals surface area contributed by atoms with Crippen molar-refractivity contribution >= 4 is 63.5 Å². The summed E-state index contributed by atoms with van der Waals surface area (Å²) in [5.41, 5.74) is 1.92. The monoisotopic (exact) mass is 591 g/mol. The number of hydrogen-bond donors (Lipinski definition) is 1. The summed E-state index contributed by atoms with van der Waals surface area (Å²) in [5, 5.41) is 14.6. The van der Waals surface area contributed by atoms with Crippen molar-refractivity contribution in [1.29, 1.82) is 5.26 Å². The fourth-order valence-electron chi connectivity index (χ4n) is 4.10. The van der Waals surface area contributed by atoms with Crippen LogP contribution in [0.25, 0.3) is 10.8 Å². The Bertz CT molecular complexity index is 1590. The zero-order chi connectivity index (χ0) is 28.9. The van der Waals surface area contributed by atoms with E-state index in [4.69, 9.17) is 33.2 Å². The number of nitriles is 1. The molecular formula is C31H27Cl2N3O3S. The second-order valence-electron chi connectivity index (χ2n) is 9.99. The zero-order valence-corrected chi connectivity index (χ0v) is 24.5. The molecule has 0 atom stereocenters. The van der Waals surface area contributed by atoms with Gasteiger partial charge in [-0.1, -0.05) is 59.6 Å². The molecule has 1 N–H and O–H groups in total. The van der Waals surface area contributed by atoms with Crippen LogP contribution in [0.4, 0.5) is 5.69 Å². The van der Waals surface area contributed by atoms with E-state index in [0.717, 1.165) is 26.9 Å². The number of nitrogens with zero attached hydrogens (tertiary/aromatic N) is 2. The van der Waals surface area contributed by atoms with E-state index in [2.05, 4.69) is 11.4 Å². The highest BCUT2D eigenvalue weighted by Gasteiger charge is 2.23. The van der Waals surface area contributed by atoms with Crippen molar-refractivity contribution in [3.63, 3.8) is 0 Å². The first-order valence-corrected chi connectivity index (χ1v) is 14.0. The number of hydrogen-bond acceptors (Lipinski definition) is 6. The van der Waals surface area contributed by atoms with E-state index in [1.165, 1.54) is 11.9 Å². The fourth-order valence-corrected chi connectivity index (χ4v) is 5.80. The number of nitrogens with one attached hydrogen (secondary N) is 1. The average Bonchev–Trinajstić information content (AvgIpc) is 2.89. The molecule has 0 radical (unpaired) electrons. The molecule has 40 heavy (non-hydrogen) atoms. The van der Waals surface area contributed by atoms with Gasteiger partial charge < -0.3 is 14.4 Å². The van der Waals surface area contributed by atoms with E-state index >= 15 is 0 Å². The summed E-state index contributed by atoms with van der Waals surface area (Å²) >= 11 is 13.8. The summed E-state index contributed by atoms with van der Waals surface area (Å²) in [7, 11) is 0. The van der Waals surface area contributed by atoms with Crippen molar-refractivity contribution in [2.24, 2.45) is 0 Å². The number of rotatable bonds is 8. The highest BCUT2D eigenvalue weighted by Crippen LogP contribution is 2.37. The SMILES string of the molecule is CC(C)(C)OC(=O)CN(Sc1cc(Cl)cc(Cl)c1)c1cccc2c(C(=O)NCc3cccc(C#N)c3)cccc12. The van der Waals surface area contributed by atoms with Crippen molar-refractivity contribution < 1.29 is 14.3 Å². The molecule has 6 nitrogen and oxygen atoms in total. The number of fused-ring (bicyclic) bond motifs is 1. The Morgan fingerprint density at radius 2 is 1.62 bits per heavy atom. The minimum absolute atomic E-state index is 0.0587. The molecule has 0 aliphatic carbocycles. The second-order valence-corrected chi connectivity index (χ2v) is 12.0. The first-order chi connectivity index (χ1) is 19.0. The Kier molecular flexibility index (Phi) is 9.26. The highest BCUT2D eigenvalue weighted by molar-refractivity contribution is 8.00. The number of halogens is 2. The maximum atomic E-state index is 13.3. The third-order valence-corrected chi connectivity index (χ3v) is 7.10. The van der Waals surface area contributed by atoms with Crippen LogP contribution in [0.2, 0.25) is 10.0 Å². The topological polar surface area (TPSA) is 82.4 Å². The molecule has 0 saturated carbocycles. The molecule has 0 spiro atoms. The fraction of sp³-hybridized carbons (Fsp3) is 0.194. The van der Waals surface area contributed by atoms with Gasteiger partial charge in [-0.05, 0) is 86.1 Å². The first-order valence-electron chi connectivity index (χ1n) is 12.4. The molecule has 0 bridgehead atoms. The number of carbonyl (C=O) groups is 2. The van der Waals surface area contributed by atoms with Gasteiger partial charge in [0.05, 0.1) is 17.3 Å². The van der Waals surface area contributed by atoms with E-state index in [0.29, 0.717) is 21.2 Å². The highest BCUT2D eigenvalue weighted by atomic mass is 35.5. The third kappa shape index (κ3) is 7.70. The molecule has 0 aliphatic rings. The predicted octanol–water partition coefficient (Wildman–Crippen LogP) is 7.80. The molecular weight excluding hydrogens is 565 g/mol. The van der Waals surface area contributed by atoms with Crippen molar-refractivity contribution in [3.8, 4) is 6.07 Å². The molecule has 1 amide bonds. The average molecular weight is 593 g/mol. The van der Waals surface area contributed by atoms with Crippen LogP contribution in [0, 0.1) is 11.3 Å². The standard InChI is InChI=1S/C31H27Cl2N3O3S/c1-31(2,3)39-29(37)19-36(40-24-15-22(32)14-23(33)16-24)28-12-6-9-25-26(28)10-5-11-27(25)30(38)35-18-21-8-4-7-20(13-21)17-34/h4-16H,18-19H2,1-3H3,(H,35,38). The summed E-state index contributed by atoms with van der Waals surface area (Å²) < 4.78 is 7.42. The summed E-state index contributed by atoms with van der Waals surface area (Å²) in [5.74, 6) is -0.656. The van der Waals surface area contributed by atoms with Crippen molar-refractivity contribution in [2.75, 3.05) is 10.8 Å². The molecule has 9 heteroatoms.